The molecule has 0 spiro atoms. The first-order chi connectivity index (χ1) is 13.0. The maximum absolute atomic E-state index is 13.2. The highest BCUT2D eigenvalue weighted by molar-refractivity contribution is 6.30. The van der Waals surface area contributed by atoms with Crippen LogP contribution in [-0.2, 0) is 0 Å². The molecule has 0 N–H and O–H groups in total. The van der Waals surface area contributed by atoms with Gasteiger partial charge in [-0.1, -0.05) is 29.8 Å². The Morgan fingerprint density at radius 1 is 0.963 bits per heavy atom. The van der Waals surface area contributed by atoms with E-state index in [0.29, 0.717) is 16.3 Å². The van der Waals surface area contributed by atoms with E-state index in [4.69, 9.17) is 11.6 Å². The molecule has 2 heterocycles. The number of aromatic nitrogens is 1. The van der Waals surface area contributed by atoms with E-state index < -0.39 is 4.92 Å². The van der Waals surface area contributed by atoms with E-state index in [-0.39, 0.29) is 11.5 Å². The summed E-state index contributed by atoms with van der Waals surface area (Å²) in [5.41, 5.74) is 3.37. The van der Waals surface area contributed by atoms with Gasteiger partial charge in [-0.3, -0.25) is 14.9 Å². The zero-order valence-corrected chi connectivity index (χ0v) is 14.8. The third-order valence-corrected chi connectivity index (χ3v) is 4.64. The topological polar surface area (TPSA) is 64.6 Å². The zero-order valence-electron chi connectivity index (χ0n) is 14.0. The fraction of sp³-hybridized carbons (Fsp3) is 0. The molecular formula is C21H13ClN2O3. The zero-order chi connectivity index (χ0) is 19.0. The van der Waals surface area contributed by atoms with Crippen LogP contribution in [0.25, 0.3) is 16.6 Å². The van der Waals surface area contributed by atoms with Crippen LogP contribution in [0.5, 0.6) is 0 Å². The van der Waals surface area contributed by atoms with Gasteiger partial charge in [0.05, 0.1) is 4.92 Å². The van der Waals surface area contributed by atoms with E-state index in [1.807, 2.05) is 47.0 Å². The predicted molar refractivity (Wildman–Crippen MR) is 104 cm³/mol. The number of nitrogens with zero attached hydrogens (tertiary/aromatic N) is 2. The minimum absolute atomic E-state index is 0.0514. The number of nitro benzene ring substituents is 1. The summed E-state index contributed by atoms with van der Waals surface area (Å²) in [6.07, 6.45) is 1.83. The number of ketones is 1. The van der Waals surface area contributed by atoms with Crippen LogP contribution in [0.3, 0.4) is 0 Å². The summed E-state index contributed by atoms with van der Waals surface area (Å²) in [5, 5.41) is 11.5. The second-order valence-electron chi connectivity index (χ2n) is 6.04. The first-order valence-electron chi connectivity index (χ1n) is 8.20. The number of carbonyl (C=O) groups excluding carboxylic acids is 1. The molecule has 0 aliphatic heterocycles. The molecule has 0 bridgehead atoms. The number of hydrogen-bond acceptors (Lipinski definition) is 3. The van der Waals surface area contributed by atoms with Crippen molar-refractivity contribution in [3.05, 3.63) is 105 Å². The molecule has 132 valence electrons. The predicted octanol–water partition coefficient (Wildman–Crippen LogP) is 5.40. The Labute approximate surface area is 159 Å². The van der Waals surface area contributed by atoms with Gasteiger partial charge in [-0.05, 0) is 48.0 Å². The number of rotatable bonds is 4. The molecule has 0 saturated carbocycles. The molecule has 0 radical (unpaired) electrons. The summed E-state index contributed by atoms with van der Waals surface area (Å²) in [4.78, 5) is 23.6. The molecule has 5 nitrogen and oxygen atoms in total. The largest absolute Gasteiger partial charge is 0.313 e. The van der Waals surface area contributed by atoms with Crippen LogP contribution in [0.4, 0.5) is 5.69 Å². The molecule has 6 heteroatoms. The summed E-state index contributed by atoms with van der Waals surface area (Å²) in [6, 6.07) is 20.5. The lowest BCUT2D eigenvalue weighted by Crippen LogP contribution is -2.07. The third kappa shape index (κ3) is 3.09. The van der Waals surface area contributed by atoms with Crippen LogP contribution in [0.1, 0.15) is 16.1 Å². The standard InChI is InChI=1S/C21H13ClN2O3/c22-16-8-4-14(5-9-16)19-13-18-3-1-2-12-23(18)20(19)21(25)15-6-10-17(11-7-15)24(26)27/h1-13H. The van der Waals surface area contributed by atoms with Crippen molar-refractivity contribution < 1.29 is 9.72 Å². The van der Waals surface area contributed by atoms with Crippen LogP contribution in [-0.4, -0.2) is 15.1 Å². The van der Waals surface area contributed by atoms with Gasteiger partial charge in [0.2, 0.25) is 5.78 Å². The monoisotopic (exact) mass is 376 g/mol. The molecule has 0 fully saturated rings. The van der Waals surface area contributed by atoms with Crippen molar-refractivity contribution in [1.29, 1.82) is 0 Å². The summed E-state index contributed by atoms with van der Waals surface area (Å²) in [7, 11) is 0. The number of fused-ring (bicyclic) bond motifs is 1. The quantitative estimate of drug-likeness (QED) is 0.272. The normalized spacial score (nSPS) is 10.9. The number of carbonyl (C=O) groups is 1. The van der Waals surface area contributed by atoms with Gasteiger partial charge >= 0.3 is 0 Å². The molecule has 0 aliphatic rings. The molecule has 4 rings (SSSR count). The van der Waals surface area contributed by atoms with Crippen molar-refractivity contribution in [2.24, 2.45) is 0 Å². The third-order valence-electron chi connectivity index (χ3n) is 4.39. The second kappa shape index (κ2) is 6.70. The van der Waals surface area contributed by atoms with Crippen molar-refractivity contribution in [3.8, 4) is 11.1 Å². The van der Waals surface area contributed by atoms with E-state index in [2.05, 4.69) is 0 Å². The van der Waals surface area contributed by atoms with Crippen molar-refractivity contribution in [2.45, 2.75) is 0 Å². The first-order valence-corrected chi connectivity index (χ1v) is 8.57. The second-order valence-corrected chi connectivity index (χ2v) is 6.48. The molecule has 2 aromatic carbocycles. The fourth-order valence-corrected chi connectivity index (χ4v) is 3.20. The minimum atomic E-state index is -0.486. The van der Waals surface area contributed by atoms with Crippen molar-refractivity contribution in [3.63, 3.8) is 0 Å². The molecule has 27 heavy (non-hydrogen) atoms. The van der Waals surface area contributed by atoms with Crippen molar-refractivity contribution in [1.82, 2.24) is 4.40 Å². The average molecular weight is 377 g/mol. The summed E-state index contributed by atoms with van der Waals surface area (Å²) >= 11 is 5.99. The molecular weight excluding hydrogens is 364 g/mol. The van der Waals surface area contributed by atoms with Crippen LogP contribution < -0.4 is 0 Å². The molecule has 2 aromatic heterocycles. The highest BCUT2D eigenvalue weighted by atomic mass is 35.5. The van der Waals surface area contributed by atoms with E-state index in [9.17, 15) is 14.9 Å². The summed E-state index contributed by atoms with van der Waals surface area (Å²) in [5.74, 6) is -0.207. The smallest absolute Gasteiger partial charge is 0.269 e. The Balaban J connectivity index is 1.89. The summed E-state index contributed by atoms with van der Waals surface area (Å²) < 4.78 is 1.83. The number of pyridine rings is 1. The van der Waals surface area contributed by atoms with E-state index >= 15 is 0 Å². The van der Waals surface area contributed by atoms with Gasteiger partial charge in [0.1, 0.15) is 5.69 Å². The Morgan fingerprint density at radius 3 is 2.33 bits per heavy atom. The Hall–Kier alpha value is -3.44. The highest BCUT2D eigenvalue weighted by Crippen LogP contribution is 2.30. The number of non-ortho nitro benzene ring substituents is 1. The van der Waals surface area contributed by atoms with Crippen molar-refractivity contribution >= 4 is 28.6 Å². The number of benzene rings is 2. The SMILES string of the molecule is O=C(c1ccc([N+](=O)[O-])cc1)c1c(-c2ccc(Cl)cc2)cc2ccccn12. The van der Waals surface area contributed by atoms with E-state index in [1.165, 1.54) is 24.3 Å². The molecule has 0 amide bonds. The Morgan fingerprint density at radius 2 is 1.67 bits per heavy atom. The van der Waals surface area contributed by atoms with Gasteiger partial charge in [-0.2, -0.15) is 0 Å². The van der Waals surface area contributed by atoms with Gasteiger partial charge in [0.15, 0.2) is 0 Å². The molecule has 0 saturated heterocycles. The number of halogens is 1. The van der Waals surface area contributed by atoms with Crippen LogP contribution in [0.2, 0.25) is 5.02 Å². The molecule has 4 aromatic rings. The maximum Gasteiger partial charge on any atom is 0.269 e. The maximum atomic E-state index is 13.2. The number of nitro groups is 1. The lowest BCUT2D eigenvalue weighted by Gasteiger charge is -2.07. The van der Waals surface area contributed by atoms with Gasteiger partial charge in [0.25, 0.3) is 5.69 Å². The van der Waals surface area contributed by atoms with Crippen LogP contribution >= 0.6 is 11.6 Å². The molecule has 0 aliphatic carbocycles. The first kappa shape index (κ1) is 17.0. The lowest BCUT2D eigenvalue weighted by atomic mass is 10.00. The Kier molecular flexibility index (Phi) is 4.22. The summed E-state index contributed by atoms with van der Waals surface area (Å²) in [6.45, 7) is 0. The fourth-order valence-electron chi connectivity index (χ4n) is 3.08. The number of hydrogen-bond donors (Lipinski definition) is 0. The van der Waals surface area contributed by atoms with E-state index in [0.717, 1.165) is 16.6 Å². The minimum Gasteiger partial charge on any atom is -0.313 e. The van der Waals surface area contributed by atoms with Gasteiger partial charge in [0, 0.05) is 40.0 Å². The lowest BCUT2D eigenvalue weighted by molar-refractivity contribution is -0.384. The Bertz CT molecular complexity index is 1160. The average Bonchev–Trinajstić information content (AvgIpc) is 3.07. The molecule has 0 atom stereocenters. The highest BCUT2D eigenvalue weighted by Gasteiger charge is 2.21. The van der Waals surface area contributed by atoms with Crippen molar-refractivity contribution in [2.75, 3.05) is 0 Å². The van der Waals surface area contributed by atoms with Crippen LogP contribution in [0, 0.1) is 10.1 Å². The van der Waals surface area contributed by atoms with Gasteiger partial charge in [-0.25, -0.2) is 0 Å². The van der Waals surface area contributed by atoms with Gasteiger partial charge in [-0.15, -0.1) is 0 Å². The van der Waals surface area contributed by atoms with Crippen LogP contribution in [0.15, 0.2) is 79.0 Å². The molecule has 0 unspecified atom stereocenters. The van der Waals surface area contributed by atoms with Gasteiger partial charge < -0.3 is 4.40 Å². The van der Waals surface area contributed by atoms with E-state index in [1.54, 1.807) is 12.1 Å².